The van der Waals surface area contributed by atoms with Crippen LogP contribution in [0.4, 0.5) is 8.78 Å². The number of carbonyl (C=O) groups is 1. The Hall–Kier alpha value is -0.710. The van der Waals surface area contributed by atoms with Crippen LogP contribution in [0.15, 0.2) is 0 Å². The van der Waals surface area contributed by atoms with Gasteiger partial charge >= 0.3 is 11.9 Å². The molecule has 0 spiro atoms. The summed E-state index contributed by atoms with van der Waals surface area (Å²) in [5.41, 5.74) is 5.40. The fraction of sp³-hybridized carbons (Fsp3) is 0.857. The van der Waals surface area contributed by atoms with Gasteiger partial charge in [-0.25, -0.2) is 4.79 Å². The van der Waals surface area contributed by atoms with Gasteiger partial charge in [0.05, 0.1) is 0 Å². The predicted molar refractivity (Wildman–Crippen MR) is 37.9 cm³/mol. The molecule has 0 heterocycles. The zero-order valence-corrected chi connectivity index (χ0v) is 6.46. The summed E-state index contributed by atoms with van der Waals surface area (Å²) < 4.78 is 25.5. The van der Waals surface area contributed by atoms with Gasteiger partial charge in [0.1, 0.15) is 0 Å². The van der Waals surface area contributed by atoms with Crippen molar-refractivity contribution in [1.29, 1.82) is 0 Å². The van der Waals surface area contributed by atoms with Crippen LogP contribution in [-0.4, -0.2) is 23.0 Å². The molecule has 0 amide bonds. The maximum Gasteiger partial charge on any atom is 0.374 e. The van der Waals surface area contributed by atoms with Gasteiger partial charge in [-0.15, -0.1) is 0 Å². The van der Waals surface area contributed by atoms with E-state index in [0.29, 0.717) is 6.42 Å². The molecule has 70 valence electrons. The second kappa shape index (κ2) is 2.97. The third-order valence-electron chi connectivity index (χ3n) is 2.27. The molecule has 0 aromatic carbocycles. The van der Waals surface area contributed by atoms with Gasteiger partial charge in [0, 0.05) is 12.0 Å². The first kappa shape index (κ1) is 9.38. The zero-order valence-electron chi connectivity index (χ0n) is 6.46. The van der Waals surface area contributed by atoms with E-state index < -0.39 is 17.8 Å². The van der Waals surface area contributed by atoms with E-state index in [1.807, 2.05) is 0 Å². The minimum atomic E-state index is -3.60. The summed E-state index contributed by atoms with van der Waals surface area (Å²) >= 11 is 0. The average Bonchev–Trinajstić information content (AvgIpc) is 2.35. The molecule has 2 unspecified atom stereocenters. The molecule has 3 nitrogen and oxygen atoms in total. The first-order valence-corrected chi connectivity index (χ1v) is 3.81. The monoisotopic (exact) mass is 179 g/mol. The smallest absolute Gasteiger partial charge is 0.374 e. The number of nitrogens with two attached hydrogens (primary N) is 1. The van der Waals surface area contributed by atoms with Crippen LogP contribution >= 0.6 is 0 Å². The number of carboxylic acids is 1. The van der Waals surface area contributed by atoms with E-state index in [4.69, 9.17) is 10.8 Å². The van der Waals surface area contributed by atoms with Crippen molar-refractivity contribution in [3.8, 4) is 0 Å². The van der Waals surface area contributed by atoms with Gasteiger partial charge in [0.15, 0.2) is 0 Å². The first-order chi connectivity index (χ1) is 5.44. The number of hydrogen-bond donors (Lipinski definition) is 2. The van der Waals surface area contributed by atoms with Crippen LogP contribution in [0.5, 0.6) is 0 Å². The van der Waals surface area contributed by atoms with Gasteiger partial charge in [0.2, 0.25) is 0 Å². The summed E-state index contributed by atoms with van der Waals surface area (Å²) in [5.74, 6) is -6.72. The fourth-order valence-electron chi connectivity index (χ4n) is 1.52. The van der Waals surface area contributed by atoms with Gasteiger partial charge in [-0.3, -0.25) is 0 Å². The highest BCUT2D eigenvalue weighted by Gasteiger charge is 2.49. The van der Waals surface area contributed by atoms with Crippen molar-refractivity contribution < 1.29 is 18.7 Å². The largest absolute Gasteiger partial charge is 0.477 e. The molecule has 1 rings (SSSR count). The average molecular weight is 179 g/mol. The van der Waals surface area contributed by atoms with E-state index in [2.05, 4.69) is 0 Å². The van der Waals surface area contributed by atoms with E-state index >= 15 is 0 Å². The third kappa shape index (κ3) is 1.55. The van der Waals surface area contributed by atoms with Gasteiger partial charge < -0.3 is 10.8 Å². The summed E-state index contributed by atoms with van der Waals surface area (Å²) in [6, 6.07) is -0.264. The maximum absolute atomic E-state index is 12.8. The van der Waals surface area contributed by atoms with E-state index in [-0.39, 0.29) is 18.9 Å². The standard InChI is InChI=1S/C7H11F2NO2/c8-7(9,6(11)12)4-1-2-5(10)3-4/h4-5H,1-3,10H2,(H,11,12). The van der Waals surface area contributed by atoms with Crippen molar-refractivity contribution in [3.63, 3.8) is 0 Å². The summed E-state index contributed by atoms with van der Waals surface area (Å²) in [7, 11) is 0. The molecular formula is C7H11F2NO2. The lowest BCUT2D eigenvalue weighted by Gasteiger charge is -2.17. The quantitative estimate of drug-likeness (QED) is 0.660. The summed E-state index contributed by atoms with van der Waals surface area (Å²) in [6.07, 6.45) is 0.813. The Bertz CT molecular complexity index is 196. The molecule has 0 saturated heterocycles. The topological polar surface area (TPSA) is 63.3 Å². The molecule has 1 aliphatic carbocycles. The van der Waals surface area contributed by atoms with Crippen LogP contribution in [0.3, 0.4) is 0 Å². The second-order valence-electron chi connectivity index (χ2n) is 3.20. The molecule has 1 fully saturated rings. The molecule has 1 aliphatic rings. The Labute approximate surface area is 68.5 Å². The molecule has 0 aromatic rings. The minimum Gasteiger partial charge on any atom is -0.477 e. The van der Waals surface area contributed by atoms with Crippen LogP contribution in [0.1, 0.15) is 19.3 Å². The van der Waals surface area contributed by atoms with Gasteiger partial charge in [-0.2, -0.15) is 8.78 Å². The van der Waals surface area contributed by atoms with Crippen molar-refractivity contribution in [1.82, 2.24) is 0 Å². The van der Waals surface area contributed by atoms with Crippen molar-refractivity contribution in [3.05, 3.63) is 0 Å². The number of rotatable bonds is 2. The fourth-order valence-corrected chi connectivity index (χ4v) is 1.52. The summed E-state index contributed by atoms with van der Waals surface area (Å²) in [4.78, 5) is 10.1. The highest BCUT2D eigenvalue weighted by Crippen LogP contribution is 2.37. The van der Waals surface area contributed by atoms with E-state index in [1.165, 1.54) is 0 Å². The molecular weight excluding hydrogens is 168 g/mol. The maximum atomic E-state index is 12.8. The lowest BCUT2D eigenvalue weighted by molar-refractivity contribution is -0.173. The first-order valence-electron chi connectivity index (χ1n) is 3.81. The Morgan fingerprint density at radius 2 is 2.08 bits per heavy atom. The van der Waals surface area contributed by atoms with Crippen LogP contribution in [0.2, 0.25) is 0 Å². The normalized spacial score (nSPS) is 30.6. The number of hydrogen-bond acceptors (Lipinski definition) is 2. The Balaban J connectivity index is 2.63. The highest BCUT2D eigenvalue weighted by molar-refractivity contribution is 5.75. The van der Waals surface area contributed by atoms with Crippen LogP contribution in [0.25, 0.3) is 0 Å². The van der Waals surface area contributed by atoms with Crippen molar-refractivity contribution in [2.24, 2.45) is 11.7 Å². The van der Waals surface area contributed by atoms with Gasteiger partial charge in [-0.05, 0) is 19.3 Å². The number of halogens is 2. The van der Waals surface area contributed by atoms with E-state index in [1.54, 1.807) is 0 Å². The minimum absolute atomic E-state index is 0.110. The van der Waals surface area contributed by atoms with Crippen molar-refractivity contribution in [2.45, 2.75) is 31.2 Å². The Morgan fingerprint density at radius 1 is 1.50 bits per heavy atom. The van der Waals surface area contributed by atoms with Crippen molar-refractivity contribution in [2.75, 3.05) is 0 Å². The SMILES string of the molecule is NC1CCC(C(F)(F)C(=O)O)C1. The Kier molecular flexibility index (Phi) is 2.32. The third-order valence-corrected chi connectivity index (χ3v) is 2.27. The summed E-state index contributed by atoms with van der Waals surface area (Å²) in [5, 5.41) is 8.20. The van der Waals surface area contributed by atoms with Gasteiger partial charge in [0.25, 0.3) is 0 Å². The lowest BCUT2D eigenvalue weighted by Crippen LogP contribution is -2.36. The zero-order chi connectivity index (χ0) is 9.35. The van der Waals surface area contributed by atoms with Gasteiger partial charge in [-0.1, -0.05) is 0 Å². The number of aliphatic carboxylic acids is 1. The van der Waals surface area contributed by atoms with Crippen LogP contribution in [-0.2, 0) is 4.79 Å². The molecule has 0 radical (unpaired) electrons. The molecule has 2 atom stereocenters. The van der Waals surface area contributed by atoms with E-state index in [0.717, 1.165) is 0 Å². The molecule has 0 bridgehead atoms. The molecule has 12 heavy (non-hydrogen) atoms. The molecule has 1 saturated carbocycles. The lowest BCUT2D eigenvalue weighted by atomic mass is 10.00. The molecule has 5 heteroatoms. The second-order valence-corrected chi connectivity index (χ2v) is 3.20. The predicted octanol–water partition coefficient (Wildman–Crippen LogP) is 0.834. The molecule has 0 aromatic heterocycles. The van der Waals surface area contributed by atoms with Crippen LogP contribution < -0.4 is 5.73 Å². The Morgan fingerprint density at radius 3 is 2.42 bits per heavy atom. The number of carboxylic acid groups (broad SMARTS) is 1. The number of alkyl halides is 2. The van der Waals surface area contributed by atoms with Crippen molar-refractivity contribution >= 4 is 5.97 Å². The molecule has 0 aliphatic heterocycles. The summed E-state index contributed by atoms with van der Waals surface area (Å²) in [6.45, 7) is 0. The molecule has 3 N–H and O–H groups in total. The van der Waals surface area contributed by atoms with Crippen LogP contribution in [0, 0.1) is 5.92 Å². The van der Waals surface area contributed by atoms with E-state index in [9.17, 15) is 13.6 Å². The highest BCUT2D eigenvalue weighted by atomic mass is 19.3.